The summed E-state index contributed by atoms with van der Waals surface area (Å²) >= 11 is 0. The molecule has 0 bridgehead atoms. The van der Waals surface area contributed by atoms with E-state index in [1.165, 1.54) is 18.4 Å². The van der Waals surface area contributed by atoms with E-state index >= 15 is 0 Å². The van der Waals surface area contributed by atoms with Crippen LogP contribution in [-0.4, -0.2) is 19.0 Å². The van der Waals surface area contributed by atoms with Crippen LogP contribution in [0.3, 0.4) is 0 Å². The highest BCUT2D eigenvalue weighted by atomic mass is 16.1. The quantitative estimate of drug-likeness (QED) is 0.764. The van der Waals surface area contributed by atoms with Gasteiger partial charge in [0.1, 0.15) is 0 Å². The lowest BCUT2D eigenvalue weighted by molar-refractivity contribution is 0.0963. The van der Waals surface area contributed by atoms with Gasteiger partial charge in [0.25, 0.3) is 5.91 Å². The Kier molecular flexibility index (Phi) is 7.31. The number of hydrogen-bond acceptors (Lipinski definition) is 2. The van der Waals surface area contributed by atoms with Gasteiger partial charge in [-0.2, -0.15) is 0 Å². The van der Waals surface area contributed by atoms with E-state index in [1.807, 2.05) is 24.3 Å². The standard InChI is InChI=1S/C17H28N2O/c1-5-13(3)11-16(6-2)19-12-14-7-9-15(10-8-14)17(20)18-4/h7-10,13,16,19H,5-6,11-12H2,1-4H3,(H,18,20). The van der Waals surface area contributed by atoms with Crippen LogP contribution in [0.15, 0.2) is 24.3 Å². The van der Waals surface area contributed by atoms with Crippen LogP contribution >= 0.6 is 0 Å². The highest BCUT2D eigenvalue weighted by Crippen LogP contribution is 2.13. The van der Waals surface area contributed by atoms with Crippen molar-refractivity contribution >= 4 is 5.91 Å². The molecule has 0 aliphatic rings. The first-order chi connectivity index (χ1) is 9.60. The Morgan fingerprint density at radius 1 is 1.15 bits per heavy atom. The number of benzene rings is 1. The van der Waals surface area contributed by atoms with E-state index in [2.05, 4.69) is 31.4 Å². The van der Waals surface area contributed by atoms with Crippen LogP contribution in [0.1, 0.15) is 56.0 Å². The van der Waals surface area contributed by atoms with Gasteiger partial charge in [-0.1, -0.05) is 39.3 Å². The number of carbonyl (C=O) groups is 1. The van der Waals surface area contributed by atoms with Gasteiger partial charge in [-0.3, -0.25) is 4.79 Å². The molecule has 0 aliphatic heterocycles. The summed E-state index contributed by atoms with van der Waals surface area (Å²) in [5.41, 5.74) is 1.93. The second kappa shape index (κ2) is 8.75. The fourth-order valence-corrected chi connectivity index (χ4v) is 2.23. The largest absolute Gasteiger partial charge is 0.355 e. The van der Waals surface area contributed by atoms with Gasteiger partial charge in [-0.25, -0.2) is 0 Å². The van der Waals surface area contributed by atoms with Crippen LogP contribution in [0.5, 0.6) is 0 Å². The van der Waals surface area contributed by atoms with Gasteiger partial charge in [0, 0.05) is 25.2 Å². The maximum Gasteiger partial charge on any atom is 0.251 e. The molecule has 1 aromatic rings. The lowest BCUT2D eigenvalue weighted by atomic mass is 9.97. The van der Waals surface area contributed by atoms with Crippen molar-refractivity contribution in [3.8, 4) is 0 Å². The minimum atomic E-state index is -0.0345. The average Bonchev–Trinajstić information content (AvgIpc) is 2.50. The molecule has 0 heterocycles. The molecule has 0 saturated carbocycles. The second-order valence-corrected chi connectivity index (χ2v) is 5.51. The molecule has 0 radical (unpaired) electrons. The zero-order valence-corrected chi connectivity index (χ0v) is 13.2. The van der Waals surface area contributed by atoms with E-state index in [-0.39, 0.29) is 5.91 Å². The molecule has 20 heavy (non-hydrogen) atoms. The Hall–Kier alpha value is -1.35. The summed E-state index contributed by atoms with van der Waals surface area (Å²) in [5, 5.41) is 6.25. The van der Waals surface area contributed by atoms with Crippen molar-refractivity contribution in [3.63, 3.8) is 0 Å². The predicted molar refractivity (Wildman–Crippen MR) is 84.8 cm³/mol. The normalized spacial score (nSPS) is 13.8. The monoisotopic (exact) mass is 276 g/mol. The van der Waals surface area contributed by atoms with Crippen LogP contribution in [0.25, 0.3) is 0 Å². The first-order valence-corrected chi connectivity index (χ1v) is 7.65. The minimum absolute atomic E-state index is 0.0345. The Morgan fingerprint density at radius 3 is 2.30 bits per heavy atom. The summed E-state index contributed by atoms with van der Waals surface area (Å²) < 4.78 is 0. The summed E-state index contributed by atoms with van der Waals surface area (Å²) in [6.07, 6.45) is 3.61. The molecule has 1 amide bonds. The average molecular weight is 276 g/mol. The maximum atomic E-state index is 11.5. The van der Waals surface area contributed by atoms with Crippen molar-refractivity contribution in [1.29, 1.82) is 0 Å². The zero-order chi connectivity index (χ0) is 15.0. The summed E-state index contributed by atoms with van der Waals surface area (Å²) in [7, 11) is 1.65. The van der Waals surface area contributed by atoms with Gasteiger partial charge >= 0.3 is 0 Å². The van der Waals surface area contributed by atoms with Crippen LogP contribution in [0, 0.1) is 5.92 Å². The minimum Gasteiger partial charge on any atom is -0.355 e. The van der Waals surface area contributed by atoms with Crippen molar-refractivity contribution in [1.82, 2.24) is 10.6 Å². The molecule has 3 nitrogen and oxygen atoms in total. The third-order valence-corrected chi connectivity index (χ3v) is 3.91. The molecule has 2 atom stereocenters. The van der Waals surface area contributed by atoms with Crippen molar-refractivity contribution < 1.29 is 4.79 Å². The summed E-state index contributed by atoms with van der Waals surface area (Å²) in [4.78, 5) is 11.5. The first-order valence-electron chi connectivity index (χ1n) is 7.65. The molecule has 0 aromatic heterocycles. The Bertz CT molecular complexity index is 400. The molecule has 112 valence electrons. The molecule has 0 aliphatic carbocycles. The molecule has 0 fully saturated rings. The zero-order valence-electron chi connectivity index (χ0n) is 13.2. The molecule has 2 N–H and O–H groups in total. The number of hydrogen-bond donors (Lipinski definition) is 2. The molecule has 0 saturated heterocycles. The number of rotatable bonds is 8. The third kappa shape index (κ3) is 5.33. The molecule has 2 unspecified atom stereocenters. The SMILES string of the molecule is CCC(C)CC(CC)NCc1ccc(C(=O)NC)cc1. The van der Waals surface area contributed by atoms with Gasteiger partial charge < -0.3 is 10.6 Å². The predicted octanol–water partition coefficient (Wildman–Crippen LogP) is 3.35. The van der Waals surface area contributed by atoms with Crippen LogP contribution in [0.4, 0.5) is 0 Å². The van der Waals surface area contributed by atoms with E-state index in [0.717, 1.165) is 18.9 Å². The van der Waals surface area contributed by atoms with Gasteiger partial charge in [-0.05, 0) is 36.5 Å². The number of nitrogens with one attached hydrogen (secondary N) is 2. The molecule has 1 rings (SSSR count). The first kappa shape index (κ1) is 16.7. The molecular formula is C17H28N2O. The van der Waals surface area contributed by atoms with Crippen LogP contribution in [0.2, 0.25) is 0 Å². The van der Waals surface area contributed by atoms with Crippen molar-refractivity contribution in [3.05, 3.63) is 35.4 Å². The van der Waals surface area contributed by atoms with Crippen molar-refractivity contribution in [2.75, 3.05) is 7.05 Å². The molecule has 1 aromatic carbocycles. The third-order valence-electron chi connectivity index (χ3n) is 3.91. The summed E-state index contributed by atoms with van der Waals surface area (Å²) in [5.74, 6) is 0.732. The lowest BCUT2D eigenvalue weighted by Gasteiger charge is -2.20. The Balaban J connectivity index is 2.49. The molecular weight excluding hydrogens is 248 g/mol. The van der Waals surface area contributed by atoms with Crippen molar-refractivity contribution in [2.45, 2.75) is 52.6 Å². The Morgan fingerprint density at radius 2 is 1.80 bits per heavy atom. The number of carbonyl (C=O) groups excluding carboxylic acids is 1. The van der Waals surface area contributed by atoms with Crippen molar-refractivity contribution in [2.24, 2.45) is 5.92 Å². The van der Waals surface area contributed by atoms with E-state index < -0.39 is 0 Å². The van der Waals surface area contributed by atoms with Crippen LogP contribution in [-0.2, 0) is 6.54 Å². The maximum absolute atomic E-state index is 11.5. The fraction of sp³-hybridized carbons (Fsp3) is 0.588. The highest BCUT2D eigenvalue weighted by Gasteiger charge is 2.10. The van der Waals surface area contributed by atoms with E-state index in [4.69, 9.17) is 0 Å². The van der Waals surface area contributed by atoms with E-state index in [1.54, 1.807) is 7.05 Å². The molecule has 0 spiro atoms. The van der Waals surface area contributed by atoms with E-state index in [9.17, 15) is 4.79 Å². The lowest BCUT2D eigenvalue weighted by Crippen LogP contribution is -2.29. The topological polar surface area (TPSA) is 41.1 Å². The van der Waals surface area contributed by atoms with Gasteiger partial charge in [0.05, 0.1) is 0 Å². The fourth-order valence-electron chi connectivity index (χ4n) is 2.23. The van der Waals surface area contributed by atoms with Gasteiger partial charge in [-0.15, -0.1) is 0 Å². The number of amides is 1. The summed E-state index contributed by atoms with van der Waals surface area (Å²) in [6, 6.07) is 8.38. The summed E-state index contributed by atoms with van der Waals surface area (Å²) in [6.45, 7) is 7.65. The smallest absolute Gasteiger partial charge is 0.251 e. The molecule has 3 heteroatoms. The van der Waals surface area contributed by atoms with Crippen LogP contribution < -0.4 is 10.6 Å². The van der Waals surface area contributed by atoms with E-state index in [0.29, 0.717) is 11.6 Å². The second-order valence-electron chi connectivity index (χ2n) is 5.51. The highest BCUT2D eigenvalue weighted by molar-refractivity contribution is 5.93. The Labute approximate surface area is 123 Å². The van der Waals surface area contributed by atoms with Gasteiger partial charge in [0.2, 0.25) is 0 Å². The van der Waals surface area contributed by atoms with Gasteiger partial charge in [0.15, 0.2) is 0 Å².